The van der Waals surface area contributed by atoms with E-state index in [1.165, 1.54) is 11.6 Å². The van der Waals surface area contributed by atoms with Crippen molar-refractivity contribution in [2.24, 2.45) is 0 Å². The highest BCUT2D eigenvalue weighted by molar-refractivity contribution is 5.96. The van der Waals surface area contributed by atoms with Crippen LogP contribution in [0.1, 0.15) is 23.6 Å². The maximum atomic E-state index is 12.4. The number of aryl methyl sites for hydroxylation is 1. The predicted octanol–water partition coefficient (Wildman–Crippen LogP) is 4.39. The zero-order chi connectivity index (χ0) is 18.0. The number of carbonyl (C=O) groups is 1. The van der Waals surface area contributed by atoms with Gasteiger partial charge >= 0.3 is 0 Å². The highest BCUT2D eigenvalue weighted by atomic mass is 16.6. The molecule has 6 heteroatoms. The van der Waals surface area contributed by atoms with Gasteiger partial charge in [-0.15, -0.1) is 0 Å². The van der Waals surface area contributed by atoms with Crippen molar-refractivity contribution in [1.82, 2.24) is 0 Å². The van der Waals surface area contributed by atoms with Crippen LogP contribution in [0.4, 0.5) is 11.4 Å². The monoisotopic (exact) mass is 338 g/mol. The molecule has 0 fully saturated rings. The summed E-state index contributed by atoms with van der Waals surface area (Å²) in [4.78, 5) is 22.9. The summed E-state index contributed by atoms with van der Waals surface area (Å²) in [6.45, 7) is 3.69. The second-order valence-corrected chi connectivity index (χ2v) is 5.88. The number of nitro benzene ring substituents is 1. The summed E-state index contributed by atoms with van der Waals surface area (Å²) >= 11 is 0. The van der Waals surface area contributed by atoms with Crippen LogP contribution in [0.3, 0.4) is 0 Å². The molecule has 0 aliphatic heterocycles. The molecule has 1 amide bonds. The van der Waals surface area contributed by atoms with Crippen molar-refractivity contribution in [1.29, 1.82) is 0 Å². The SMILES string of the molecule is CCc1ccc2c(CC(=O)Nc3cccc([N+](=O)[O-])c3C)coc2c1. The highest BCUT2D eigenvalue weighted by Crippen LogP contribution is 2.26. The highest BCUT2D eigenvalue weighted by Gasteiger charge is 2.16. The molecule has 0 spiro atoms. The summed E-state index contributed by atoms with van der Waals surface area (Å²) in [6.07, 6.45) is 2.64. The molecule has 0 saturated heterocycles. The van der Waals surface area contributed by atoms with E-state index >= 15 is 0 Å². The van der Waals surface area contributed by atoms with Gasteiger partial charge in [0, 0.05) is 17.0 Å². The fourth-order valence-corrected chi connectivity index (χ4v) is 2.81. The van der Waals surface area contributed by atoms with Crippen molar-refractivity contribution in [3.8, 4) is 0 Å². The third kappa shape index (κ3) is 3.38. The first-order chi connectivity index (χ1) is 12.0. The largest absolute Gasteiger partial charge is 0.464 e. The van der Waals surface area contributed by atoms with Gasteiger partial charge in [0.05, 0.1) is 28.9 Å². The lowest BCUT2D eigenvalue weighted by atomic mass is 10.1. The average molecular weight is 338 g/mol. The summed E-state index contributed by atoms with van der Waals surface area (Å²) in [7, 11) is 0. The minimum absolute atomic E-state index is 0.0151. The fraction of sp³-hybridized carbons (Fsp3) is 0.211. The van der Waals surface area contributed by atoms with Gasteiger partial charge in [0.15, 0.2) is 0 Å². The molecule has 3 rings (SSSR count). The molecule has 128 valence electrons. The molecule has 2 aromatic carbocycles. The third-order valence-corrected chi connectivity index (χ3v) is 4.26. The van der Waals surface area contributed by atoms with Crippen LogP contribution in [-0.4, -0.2) is 10.8 Å². The topological polar surface area (TPSA) is 85.4 Å². The molecule has 0 unspecified atom stereocenters. The van der Waals surface area contributed by atoms with Gasteiger partial charge in [-0.3, -0.25) is 14.9 Å². The van der Waals surface area contributed by atoms with E-state index in [1.54, 1.807) is 25.3 Å². The van der Waals surface area contributed by atoms with Crippen molar-refractivity contribution in [3.63, 3.8) is 0 Å². The second kappa shape index (κ2) is 6.76. The standard InChI is InChI=1S/C19H18N2O4/c1-3-13-7-8-15-14(11-25-18(15)9-13)10-19(22)20-16-5-4-6-17(12(16)2)21(23)24/h4-9,11H,3,10H2,1-2H3,(H,20,22). The minimum Gasteiger partial charge on any atom is -0.464 e. The molecule has 0 aliphatic rings. The number of amides is 1. The average Bonchev–Trinajstić information content (AvgIpc) is 2.98. The lowest BCUT2D eigenvalue weighted by molar-refractivity contribution is -0.385. The Morgan fingerprint density at radius 2 is 2.08 bits per heavy atom. The molecule has 1 aromatic heterocycles. The molecular formula is C19H18N2O4. The van der Waals surface area contributed by atoms with Gasteiger partial charge in [-0.1, -0.05) is 25.1 Å². The van der Waals surface area contributed by atoms with Gasteiger partial charge in [-0.2, -0.15) is 0 Å². The number of rotatable bonds is 5. The first-order valence-electron chi connectivity index (χ1n) is 8.02. The molecule has 0 atom stereocenters. The van der Waals surface area contributed by atoms with Gasteiger partial charge in [-0.25, -0.2) is 0 Å². The number of nitrogens with zero attached hydrogens (tertiary/aromatic N) is 1. The summed E-state index contributed by atoms with van der Waals surface area (Å²) in [5.74, 6) is -0.245. The molecule has 0 radical (unpaired) electrons. The lowest BCUT2D eigenvalue weighted by Gasteiger charge is -2.08. The van der Waals surface area contributed by atoms with Crippen molar-refractivity contribution in [2.75, 3.05) is 5.32 Å². The fourth-order valence-electron chi connectivity index (χ4n) is 2.81. The van der Waals surface area contributed by atoms with Crippen LogP contribution in [-0.2, 0) is 17.6 Å². The second-order valence-electron chi connectivity index (χ2n) is 5.88. The third-order valence-electron chi connectivity index (χ3n) is 4.26. The molecule has 1 heterocycles. The van der Waals surface area contributed by atoms with Crippen LogP contribution in [0.5, 0.6) is 0 Å². The van der Waals surface area contributed by atoms with E-state index in [-0.39, 0.29) is 18.0 Å². The van der Waals surface area contributed by atoms with E-state index in [0.717, 1.165) is 23.0 Å². The van der Waals surface area contributed by atoms with Gasteiger partial charge in [-0.05, 0) is 31.0 Å². The van der Waals surface area contributed by atoms with E-state index in [1.807, 2.05) is 18.2 Å². The van der Waals surface area contributed by atoms with Crippen LogP contribution >= 0.6 is 0 Å². The van der Waals surface area contributed by atoms with Crippen LogP contribution in [0.2, 0.25) is 0 Å². The first-order valence-corrected chi connectivity index (χ1v) is 8.02. The smallest absolute Gasteiger partial charge is 0.274 e. The molecule has 1 N–H and O–H groups in total. The number of carbonyl (C=O) groups excluding carboxylic acids is 1. The van der Waals surface area contributed by atoms with E-state index in [9.17, 15) is 14.9 Å². The zero-order valence-corrected chi connectivity index (χ0v) is 14.0. The molecular weight excluding hydrogens is 320 g/mol. The maximum absolute atomic E-state index is 12.4. The summed E-state index contributed by atoms with van der Waals surface area (Å²) in [6, 6.07) is 10.6. The van der Waals surface area contributed by atoms with Crippen LogP contribution < -0.4 is 5.32 Å². The number of hydrogen-bond acceptors (Lipinski definition) is 4. The number of furan rings is 1. The van der Waals surface area contributed by atoms with Crippen LogP contribution in [0.15, 0.2) is 47.1 Å². The van der Waals surface area contributed by atoms with Crippen molar-refractivity contribution >= 4 is 28.3 Å². The number of nitrogens with one attached hydrogen (secondary N) is 1. The summed E-state index contributed by atoms with van der Waals surface area (Å²) in [5, 5.41) is 14.6. The van der Waals surface area contributed by atoms with Gasteiger partial charge in [0.25, 0.3) is 5.69 Å². The Hall–Kier alpha value is -3.15. The maximum Gasteiger partial charge on any atom is 0.274 e. The van der Waals surface area contributed by atoms with Crippen LogP contribution in [0.25, 0.3) is 11.0 Å². The lowest BCUT2D eigenvalue weighted by Crippen LogP contribution is -2.15. The van der Waals surface area contributed by atoms with E-state index in [4.69, 9.17) is 4.42 Å². The Kier molecular flexibility index (Phi) is 4.52. The Labute approximate surface area is 144 Å². The van der Waals surface area contributed by atoms with Crippen molar-refractivity contribution in [2.45, 2.75) is 26.7 Å². The number of fused-ring (bicyclic) bond motifs is 1. The Balaban J connectivity index is 1.80. The molecule has 0 saturated carbocycles. The molecule has 0 aliphatic carbocycles. The van der Waals surface area contributed by atoms with E-state index in [2.05, 4.69) is 12.2 Å². The van der Waals surface area contributed by atoms with Crippen molar-refractivity contribution < 1.29 is 14.1 Å². The minimum atomic E-state index is -0.458. The Morgan fingerprint density at radius 1 is 1.28 bits per heavy atom. The molecule has 0 bridgehead atoms. The van der Waals surface area contributed by atoms with E-state index in [0.29, 0.717) is 11.3 Å². The normalized spacial score (nSPS) is 10.8. The quantitative estimate of drug-likeness (QED) is 0.552. The van der Waals surface area contributed by atoms with Gasteiger partial charge < -0.3 is 9.73 Å². The Bertz CT molecular complexity index is 959. The van der Waals surface area contributed by atoms with Gasteiger partial charge in [0.2, 0.25) is 5.91 Å². The Morgan fingerprint density at radius 3 is 2.80 bits per heavy atom. The molecule has 3 aromatic rings. The summed E-state index contributed by atoms with van der Waals surface area (Å²) < 4.78 is 5.55. The van der Waals surface area contributed by atoms with Gasteiger partial charge in [0.1, 0.15) is 5.58 Å². The summed E-state index contributed by atoms with van der Waals surface area (Å²) in [5.41, 5.74) is 3.58. The number of anilines is 1. The number of hydrogen-bond donors (Lipinski definition) is 1. The first kappa shape index (κ1) is 16.7. The van der Waals surface area contributed by atoms with E-state index < -0.39 is 4.92 Å². The van der Waals surface area contributed by atoms with Crippen molar-refractivity contribution in [3.05, 3.63) is 69.5 Å². The molecule has 6 nitrogen and oxygen atoms in total. The number of nitro groups is 1. The number of benzene rings is 2. The zero-order valence-electron chi connectivity index (χ0n) is 14.0. The van der Waals surface area contributed by atoms with Crippen LogP contribution in [0, 0.1) is 17.0 Å². The predicted molar refractivity (Wildman–Crippen MR) is 95.8 cm³/mol. The molecule has 25 heavy (non-hydrogen) atoms.